The molecule has 0 aliphatic carbocycles. The van der Waals surface area contributed by atoms with Crippen molar-refractivity contribution in [1.29, 1.82) is 0 Å². The van der Waals surface area contributed by atoms with Gasteiger partial charge in [0.25, 0.3) is 5.91 Å². The molecule has 0 saturated carbocycles. The van der Waals surface area contributed by atoms with E-state index in [9.17, 15) is 9.59 Å². The molecule has 31 heavy (non-hydrogen) atoms. The van der Waals surface area contributed by atoms with Crippen LogP contribution in [0.3, 0.4) is 0 Å². The van der Waals surface area contributed by atoms with E-state index < -0.39 is 0 Å². The number of thiazole rings is 1. The molecule has 1 N–H and O–H groups in total. The van der Waals surface area contributed by atoms with Gasteiger partial charge in [0, 0.05) is 42.8 Å². The summed E-state index contributed by atoms with van der Waals surface area (Å²) in [5.41, 5.74) is 2.29. The Hall–Kier alpha value is -3.26. The van der Waals surface area contributed by atoms with Gasteiger partial charge in [0.05, 0.1) is 18.7 Å². The van der Waals surface area contributed by atoms with Gasteiger partial charge in [-0.05, 0) is 44.0 Å². The Morgan fingerprint density at radius 2 is 2.13 bits per heavy atom. The van der Waals surface area contributed by atoms with E-state index in [1.165, 1.54) is 11.3 Å². The number of nitrogens with one attached hydrogen (secondary N) is 1. The molecule has 2 amide bonds. The topological polar surface area (TPSA) is 84.4 Å². The molecule has 0 spiro atoms. The number of methoxy groups -OCH3 is 1. The van der Waals surface area contributed by atoms with Gasteiger partial charge in [0.15, 0.2) is 0 Å². The summed E-state index contributed by atoms with van der Waals surface area (Å²) >= 11 is 1.37. The van der Waals surface area contributed by atoms with Crippen LogP contribution in [-0.4, -0.2) is 46.9 Å². The van der Waals surface area contributed by atoms with Crippen molar-refractivity contribution in [3.63, 3.8) is 0 Å². The maximum absolute atomic E-state index is 13.2. The number of nitrogens with zero attached hydrogens (tertiary/aromatic N) is 3. The summed E-state index contributed by atoms with van der Waals surface area (Å²) in [6, 6.07) is 11.0. The van der Waals surface area contributed by atoms with Crippen LogP contribution >= 0.6 is 11.3 Å². The highest BCUT2D eigenvalue weighted by molar-refractivity contribution is 7.17. The first-order valence-electron chi connectivity index (χ1n) is 10.2. The maximum atomic E-state index is 13.2. The van der Waals surface area contributed by atoms with Crippen molar-refractivity contribution in [2.45, 2.75) is 19.8 Å². The third kappa shape index (κ3) is 4.74. The normalized spacial score (nSPS) is 16.1. The van der Waals surface area contributed by atoms with Crippen molar-refractivity contribution in [1.82, 2.24) is 14.9 Å². The van der Waals surface area contributed by atoms with Gasteiger partial charge in [0.2, 0.25) is 5.91 Å². The number of pyridine rings is 1. The monoisotopic (exact) mass is 436 g/mol. The average molecular weight is 437 g/mol. The molecule has 2 aromatic heterocycles. The fourth-order valence-electron chi connectivity index (χ4n) is 3.67. The van der Waals surface area contributed by atoms with Crippen molar-refractivity contribution in [3.05, 3.63) is 59.4 Å². The number of hydrogen-bond acceptors (Lipinski definition) is 6. The highest BCUT2D eigenvalue weighted by Crippen LogP contribution is 2.30. The summed E-state index contributed by atoms with van der Waals surface area (Å²) in [5, 5.41) is 3.73. The number of likely N-dealkylation sites (tertiary alicyclic amines) is 1. The molecule has 0 radical (unpaired) electrons. The summed E-state index contributed by atoms with van der Waals surface area (Å²) in [6.45, 7) is 2.88. The number of anilines is 1. The van der Waals surface area contributed by atoms with Crippen molar-refractivity contribution < 1.29 is 14.3 Å². The Morgan fingerprint density at radius 3 is 2.90 bits per heavy atom. The SMILES string of the molecule is COc1cccc(NC(=O)C2CCCN(C(=O)c3sc(-c4cccnc4)nc3C)C2)c1. The Bertz CT molecular complexity index is 1080. The standard InChI is InChI=1S/C23H24N4O3S/c1-15-20(31-22(25-15)16-6-4-10-24-13-16)23(29)27-11-5-7-17(14-27)21(28)26-18-8-3-9-19(12-18)30-2/h3-4,6,8-10,12-13,17H,5,7,11,14H2,1-2H3,(H,26,28). The first-order valence-corrected chi connectivity index (χ1v) is 11.0. The van der Waals surface area contributed by atoms with Gasteiger partial charge >= 0.3 is 0 Å². The Labute approximate surface area is 185 Å². The van der Waals surface area contributed by atoms with Crippen LogP contribution in [0.4, 0.5) is 5.69 Å². The average Bonchev–Trinajstić information content (AvgIpc) is 3.21. The zero-order chi connectivity index (χ0) is 21.8. The quantitative estimate of drug-likeness (QED) is 0.653. The molecule has 3 heterocycles. The van der Waals surface area contributed by atoms with Crippen LogP contribution in [0.15, 0.2) is 48.8 Å². The van der Waals surface area contributed by atoms with Crippen LogP contribution in [0.2, 0.25) is 0 Å². The summed E-state index contributed by atoms with van der Waals surface area (Å²) in [4.78, 5) is 37.1. The summed E-state index contributed by atoms with van der Waals surface area (Å²) in [7, 11) is 1.59. The number of rotatable bonds is 5. The van der Waals surface area contributed by atoms with E-state index in [2.05, 4.69) is 15.3 Å². The lowest BCUT2D eigenvalue weighted by molar-refractivity contribution is -0.121. The highest BCUT2D eigenvalue weighted by atomic mass is 32.1. The van der Waals surface area contributed by atoms with Gasteiger partial charge < -0.3 is 15.0 Å². The van der Waals surface area contributed by atoms with Gasteiger partial charge in [-0.3, -0.25) is 14.6 Å². The van der Waals surface area contributed by atoms with Gasteiger partial charge in [-0.15, -0.1) is 11.3 Å². The lowest BCUT2D eigenvalue weighted by Crippen LogP contribution is -2.43. The molecular weight excluding hydrogens is 412 g/mol. The molecule has 1 fully saturated rings. The minimum absolute atomic E-state index is 0.0657. The number of hydrogen-bond donors (Lipinski definition) is 1. The highest BCUT2D eigenvalue weighted by Gasteiger charge is 2.30. The number of benzene rings is 1. The van der Waals surface area contributed by atoms with Gasteiger partial charge in [-0.1, -0.05) is 6.07 Å². The molecule has 1 unspecified atom stereocenters. The van der Waals surface area contributed by atoms with Crippen LogP contribution in [0.1, 0.15) is 28.2 Å². The van der Waals surface area contributed by atoms with Gasteiger partial charge in [-0.25, -0.2) is 4.98 Å². The number of aryl methyl sites for hydroxylation is 1. The van der Waals surface area contributed by atoms with E-state index in [0.29, 0.717) is 35.1 Å². The van der Waals surface area contributed by atoms with E-state index in [1.807, 2.05) is 37.3 Å². The lowest BCUT2D eigenvalue weighted by Gasteiger charge is -2.31. The number of piperidine rings is 1. The number of carbonyl (C=O) groups excluding carboxylic acids is 2. The molecule has 1 aliphatic heterocycles. The van der Waals surface area contributed by atoms with Crippen LogP contribution in [-0.2, 0) is 4.79 Å². The van der Waals surface area contributed by atoms with Crippen molar-refractivity contribution in [2.24, 2.45) is 5.92 Å². The minimum atomic E-state index is -0.255. The molecule has 4 rings (SSSR count). The predicted octanol–water partition coefficient (Wildman–Crippen LogP) is 4.01. The summed E-state index contributed by atoms with van der Waals surface area (Å²) < 4.78 is 5.21. The first kappa shape index (κ1) is 21.0. The van der Waals surface area contributed by atoms with Crippen LogP contribution in [0.25, 0.3) is 10.6 Å². The van der Waals surface area contributed by atoms with Gasteiger partial charge in [-0.2, -0.15) is 0 Å². The molecule has 1 saturated heterocycles. The summed E-state index contributed by atoms with van der Waals surface area (Å²) in [5.74, 6) is 0.283. The van der Waals surface area contributed by atoms with E-state index >= 15 is 0 Å². The number of ether oxygens (including phenoxy) is 1. The van der Waals surface area contributed by atoms with E-state index in [4.69, 9.17) is 4.74 Å². The Balaban J connectivity index is 1.45. The number of amides is 2. The fourth-order valence-corrected chi connectivity index (χ4v) is 4.70. The molecule has 8 heteroatoms. The molecular formula is C23H24N4O3S. The van der Waals surface area contributed by atoms with Crippen LogP contribution in [0.5, 0.6) is 5.75 Å². The smallest absolute Gasteiger partial charge is 0.265 e. The molecule has 1 aromatic carbocycles. The van der Waals surface area contributed by atoms with Gasteiger partial charge in [0.1, 0.15) is 15.6 Å². The maximum Gasteiger partial charge on any atom is 0.265 e. The number of carbonyl (C=O) groups is 2. The minimum Gasteiger partial charge on any atom is -0.497 e. The number of aromatic nitrogens is 2. The van der Waals surface area contributed by atoms with Crippen LogP contribution < -0.4 is 10.1 Å². The molecule has 160 valence electrons. The third-order valence-electron chi connectivity index (χ3n) is 5.32. The molecule has 3 aromatic rings. The van der Waals surface area contributed by atoms with Crippen molar-refractivity contribution >= 4 is 28.8 Å². The van der Waals surface area contributed by atoms with E-state index in [1.54, 1.807) is 30.5 Å². The molecule has 1 atom stereocenters. The second-order valence-electron chi connectivity index (χ2n) is 7.49. The molecule has 7 nitrogen and oxygen atoms in total. The second-order valence-corrected chi connectivity index (χ2v) is 8.49. The van der Waals surface area contributed by atoms with E-state index in [0.717, 1.165) is 23.4 Å². The summed E-state index contributed by atoms with van der Waals surface area (Å²) in [6.07, 6.45) is 4.99. The van der Waals surface area contributed by atoms with E-state index in [-0.39, 0.29) is 17.7 Å². The molecule has 1 aliphatic rings. The zero-order valence-corrected chi connectivity index (χ0v) is 18.3. The largest absolute Gasteiger partial charge is 0.497 e. The third-order valence-corrected chi connectivity index (χ3v) is 6.51. The predicted molar refractivity (Wildman–Crippen MR) is 120 cm³/mol. The lowest BCUT2D eigenvalue weighted by atomic mass is 9.96. The first-order chi connectivity index (χ1) is 15.0. The molecule has 0 bridgehead atoms. The Morgan fingerprint density at radius 1 is 1.26 bits per heavy atom. The fraction of sp³-hybridized carbons (Fsp3) is 0.304. The zero-order valence-electron chi connectivity index (χ0n) is 17.5. The van der Waals surface area contributed by atoms with Crippen LogP contribution in [0, 0.1) is 12.8 Å². The second kappa shape index (κ2) is 9.26. The van der Waals surface area contributed by atoms with Crippen molar-refractivity contribution in [2.75, 3.05) is 25.5 Å². The Kier molecular flexibility index (Phi) is 6.27. The van der Waals surface area contributed by atoms with Crippen molar-refractivity contribution in [3.8, 4) is 16.3 Å².